The standard InChI is InChI=1S/C21H31NO/c1-4-23-21(20-11-8-9-17(2)15-20)18(3)10-6-5-7-14-22-16-19-12-13-19/h8-9,11,15,18-19,21-22H,4-6,10,12-13,16H2,1-3H3. The minimum atomic E-state index is 0.195. The summed E-state index contributed by atoms with van der Waals surface area (Å²) in [5, 5.41) is 3.22. The fraction of sp³-hybridized carbons (Fsp3) is 0.619. The third kappa shape index (κ3) is 6.67. The first-order valence-corrected chi connectivity index (χ1v) is 9.09. The van der Waals surface area contributed by atoms with Crippen molar-refractivity contribution in [3.05, 3.63) is 35.4 Å². The van der Waals surface area contributed by atoms with E-state index in [2.05, 4.69) is 62.3 Å². The van der Waals surface area contributed by atoms with Gasteiger partial charge in [-0.15, -0.1) is 0 Å². The third-order valence-electron chi connectivity index (χ3n) is 4.46. The number of hydrogen-bond donors (Lipinski definition) is 1. The van der Waals surface area contributed by atoms with Gasteiger partial charge in [0.2, 0.25) is 0 Å². The summed E-state index contributed by atoms with van der Waals surface area (Å²) in [7, 11) is 0. The van der Waals surface area contributed by atoms with Gasteiger partial charge >= 0.3 is 0 Å². The molecule has 0 aliphatic heterocycles. The summed E-state index contributed by atoms with van der Waals surface area (Å²) in [6.07, 6.45) is 6.20. The molecule has 23 heavy (non-hydrogen) atoms. The molecule has 2 nitrogen and oxygen atoms in total. The molecule has 0 heterocycles. The van der Waals surface area contributed by atoms with E-state index in [4.69, 9.17) is 4.74 Å². The van der Waals surface area contributed by atoms with E-state index in [9.17, 15) is 0 Å². The normalized spacial score (nSPS) is 16.3. The zero-order chi connectivity index (χ0) is 16.5. The predicted octanol–water partition coefficient (Wildman–Crippen LogP) is 4.84. The SMILES string of the molecule is CCOC(c1cccc(C)c1)C(C)CCCC#CNCC1CC1. The molecular formula is C21H31NO. The summed E-state index contributed by atoms with van der Waals surface area (Å²) in [5.74, 6) is 4.65. The van der Waals surface area contributed by atoms with Crippen LogP contribution in [0.5, 0.6) is 0 Å². The van der Waals surface area contributed by atoms with Crippen LogP contribution >= 0.6 is 0 Å². The van der Waals surface area contributed by atoms with E-state index in [1.165, 1.54) is 24.0 Å². The van der Waals surface area contributed by atoms with Crippen LogP contribution in [0.2, 0.25) is 0 Å². The van der Waals surface area contributed by atoms with Crippen LogP contribution in [0.25, 0.3) is 0 Å². The summed E-state index contributed by atoms with van der Waals surface area (Å²) >= 11 is 0. The van der Waals surface area contributed by atoms with Crippen molar-refractivity contribution in [2.45, 2.75) is 59.0 Å². The lowest BCUT2D eigenvalue weighted by atomic mass is 9.92. The Labute approximate surface area is 142 Å². The van der Waals surface area contributed by atoms with Crippen molar-refractivity contribution in [2.24, 2.45) is 11.8 Å². The Morgan fingerprint density at radius 3 is 2.87 bits per heavy atom. The Kier molecular flexibility index (Phi) is 7.49. The smallest absolute Gasteiger partial charge is 0.0850 e. The number of rotatable bonds is 9. The van der Waals surface area contributed by atoms with Crippen molar-refractivity contribution in [3.63, 3.8) is 0 Å². The fourth-order valence-electron chi connectivity index (χ4n) is 2.92. The van der Waals surface area contributed by atoms with Crippen LogP contribution in [-0.2, 0) is 4.74 Å². The molecule has 0 spiro atoms. The summed E-state index contributed by atoms with van der Waals surface area (Å²) in [6, 6.07) is 11.8. The Hall–Kier alpha value is -1.46. The Balaban J connectivity index is 1.75. The first-order valence-electron chi connectivity index (χ1n) is 9.09. The fourth-order valence-corrected chi connectivity index (χ4v) is 2.92. The Bertz CT molecular complexity index is 524. The molecule has 0 bridgehead atoms. The number of benzene rings is 1. The van der Waals surface area contributed by atoms with Gasteiger partial charge < -0.3 is 10.1 Å². The zero-order valence-electron chi connectivity index (χ0n) is 14.9. The van der Waals surface area contributed by atoms with E-state index in [1.807, 2.05) is 0 Å². The van der Waals surface area contributed by atoms with E-state index in [-0.39, 0.29) is 6.10 Å². The molecule has 2 rings (SSSR count). The monoisotopic (exact) mass is 313 g/mol. The molecule has 0 saturated heterocycles. The van der Waals surface area contributed by atoms with E-state index in [0.29, 0.717) is 5.92 Å². The number of aryl methyl sites for hydroxylation is 1. The Morgan fingerprint density at radius 1 is 1.35 bits per heavy atom. The molecular weight excluding hydrogens is 282 g/mol. The van der Waals surface area contributed by atoms with Crippen LogP contribution < -0.4 is 5.32 Å². The van der Waals surface area contributed by atoms with E-state index < -0.39 is 0 Å². The second-order valence-corrected chi connectivity index (χ2v) is 6.79. The van der Waals surface area contributed by atoms with Crippen molar-refractivity contribution in [3.8, 4) is 12.0 Å². The van der Waals surface area contributed by atoms with Gasteiger partial charge in [0.15, 0.2) is 0 Å². The molecule has 1 fully saturated rings. The largest absolute Gasteiger partial charge is 0.374 e. The number of ether oxygens (including phenoxy) is 1. The maximum Gasteiger partial charge on any atom is 0.0850 e. The molecule has 0 aromatic heterocycles. The minimum absolute atomic E-state index is 0.195. The van der Waals surface area contributed by atoms with Gasteiger partial charge in [-0.3, -0.25) is 0 Å². The van der Waals surface area contributed by atoms with Crippen molar-refractivity contribution in [1.82, 2.24) is 5.32 Å². The van der Waals surface area contributed by atoms with Crippen molar-refractivity contribution >= 4 is 0 Å². The van der Waals surface area contributed by atoms with Gasteiger partial charge in [-0.1, -0.05) is 42.7 Å². The topological polar surface area (TPSA) is 21.3 Å². The number of nitrogens with one attached hydrogen (secondary N) is 1. The first kappa shape index (κ1) is 17.9. The van der Waals surface area contributed by atoms with Crippen LogP contribution in [0.4, 0.5) is 0 Å². The minimum Gasteiger partial charge on any atom is -0.374 e. The van der Waals surface area contributed by atoms with Gasteiger partial charge in [0.05, 0.1) is 6.10 Å². The van der Waals surface area contributed by atoms with Crippen molar-refractivity contribution < 1.29 is 4.74 Å². The highest BCUT2D eigenvalue weighted by atomic mass is 16.5. The summed E-state index contributed by atoms with van der Waals surface area (Å²) in [6.45, 7) is 8.34. The lowest BCUT2D eigenvalue weighted by Crippen LogP contribution is -2.14. The Morgan fingerprint density at radius 2 is 2.17 bits per heavy atom. The van der Waals surface area contributed by atoms with E-state index >= 15 is 0 Å². The van der Waals surface area contributed by atoms with Gasteiger partial charge in [-0.05, 0) is 56.9 Å². The van der Waals surface area contributed by atoms with Crippen LogP contribution in [-0.4, -0.2) is 13.2 Å². The van der Waals surface area contributed by atoms with Gasteiger partial charge in [0, 0.05) is 25.6 Å². The van der Waals surface area contributed by atoms with Crippen LogP contribution in [0.3, 0.4) is 0 Å². The van der Waals surface area contributed by atoms with Crippen molar-refractivity contribution in [1.29, 1.82) is 0 Å². The van der Waals surface area contributed by atoms with Gasteiger partial charge in [-0.25, -0.2) is 0 Å². The predicted molar refractivity (Wildman–Crippen MR) is 97.1 cm³/mol. The van der Waals surface area contributed by atoms with Gasteiger partial charge in [-0.2, -0.15) is 0 Å². The molecule has 1 saturated carbocycles. The summed E-state index contributed by atoms with van der Waals surface area (Å²) < 4.78 is 6.03. The highest BCUT2D eigenvalue weighted by Crippen LogP contribution is 2.30. The zero-order valence-corrected chi connectivity index (χ0v) is 14.9. The van der Waals surface area contributed by atoms with Gasteiger partial charge in [0.25, 0.3) is 0 Å². The molecule has 0 amide bonds. The second kappa shape index (κ2) is 9.63. The molecule has 2 heteroatoms. The molecule has 1 N–H and O–H groups in total. The lowest BCUT2D eigenvalue weighted by molar-refractivity contribution is 0.0207. The molecule has 1 aromatic carbocycles. The first-order chi connectivity index (χ1) is 11.2. The average Bonchev–Trinajstić information content (AvgIpc) is 3.35. The molecule has 2 unspecified atom stereocenters. The number of unbranched alkanes of at least 4 members (excludes halogenated alkanes) is 1. The quantitative estimate of drug-likeness (QED) is 0.400. The molecule has 2 atom stereocenters. The van der Waals surface area contributed by atoms with Gasteiger partial charge in [0.1, 0.15) is 0 Å². The molecule has 1 aliphatic rings. The van der Waals surface area contributed by atoms with Crippen LogP contribution in [0.1, 0.15) is 63.2 Å². The maximum atomic E-state index is 6.03. The average molecular weight is 313 g/mol. The highest BCUT2D eigenvalue weighted by molar-refractivity contribution is 5.24. The third-order valence-corrected chi connectivity index (χ3v) is 4.46. The van der Waals surface area contributed by atoms with E-state index in [1.54, 1.807) is 0 Å². The lowest BCUT2D eigenvalue weighted by Gasteiger charge is -2.24. The van der Waals surface area contributed by atoms with Crippen LogP contribution in [0.15, 0.2) is 24.3 Å². The summed E-state index contributed by atoms with van der Waals surface area (Å²) in [5.41, 5.74) is 2.60. The number of hydrogen-bond acceptors (Lipinski definition) is 2. The second-order valence-electron chi connectivity index (χ2n) is 6.79. The molecule has 126 valence electrons. The molecule has 1 aromatic rings. The molecule has 0 radical (unpaired) electrons. The maximum absolute atomic E-state index is 6.03. The molecule has 1 aliphatic carbocycles. The van der Waals surface area contributed by atoms with Crippen LogP contribution in [0, 0.1) is 30.7 Å². The highest BCUT2D eigenvalue weighted by Gasteiger charge is 2.20. The summed E-state index contributed by atoms with van der Waals surface area (Å²) in [4.78, 5) is 0. The van der Waals surface area contributed by atoms with E-state index in [0.717, 1.165) is 38.3 Å². The van der Waals surface area contributed by atoms with Crippen molar-refractivity contribution in [2.75, 3.05) is 13.2 Å².